The molecule has 0 heterocycles. The lowest BCUT2D eigenvalue weighted by molar-refractivity contribution is 0.0595. The van der Waals surface area contributed by atoms with Crippen molar-refractivity contribution in [3.8, 4) is 16.9 Å². The molecule has 4 rings (SSSR count). The molecule has 6 heteroatoms. The number of hydrogen-bond donors (Lipinski definition) is 1. The lowest BCUT2D eigenvalue weighted by Crippen LogP contribution is -2.18. The number of ether oxygens (including phenoxy) is 2. The maximum atomic E-state index is 14.2. The van der Waals surface area contributed by atoms with E-state index < -0.39 is 11.8 Å². The number of fused-ring (bicyclic) bond motifs is 1. The Labute approximate surface area is 205 Å². The van der Waals surface area contributed by atoms with Gasteiger partial charge in [-0.15, -0.1) is 12.4 Å². The van der Waals surface area contributed by atoms with Crippen molar-refractivity contribution in [2.75, 3.05) is 14.2 Å². The molecule has 0 fully saturated rings. The largest absolute Gasteiger partial charge is 0.497 e. The first-order valence-corrected chi connectivity index (χ1v) is 10.8. The van der Waals surface area contributed by atoms with Gasteiger partial charge in [0.25, 0.3) is 0 Å². The molecule has 0 aliphatic heterocycles. The molecule has 0 aliphatic rings. The molecule has 0 saturated heterocycles. The third-order valence-electron chi connectivity index (χ3n) is 5.81. The molecule has 0 saturated carbocycles. The fourth-order valence-electron chi connectivity index (χ4n) is 3.97. The summed E-state index contributed by atoms with van der Waals surface area (Å²) >= 11 is 0. The smallest absolute Gasteiger partial charge is 0.340 e. The van der Waals surface area contributed by atoms with Crippen LogP contribution in [0, 0.1) is 5.82 Å². The fourth-order valence-corrected chi connectivity index (χ4v) is 3.97. The van der Waals surface area contributed by atoms with Crippen LogP contribution in [0.25, 0.3) is 21.9 Å². The van der Waals surface area contributed by atoms with E-state index in [1.165, 1.54) is 13.2 Å². The molecule has 4 aromatic carbocycles. The Hall–Kier alpha value is -3.41. The van der Waals surface area contributed by atoms with E-state index in [4.69, 9.17) is 9.47 Å². The Bertz CT molecular complexity index is 1310. The van der Waals surface area contributed by atoms with Crippen molar-refractivity contribution in [2.24, 2.45) is 0 Å². The number of hydrogen-bond acceptors (Lipinski definition) is 4. The standard InChI is InChI=1S/C28H26FNO3.ClH/c1-18(20-8-6-9-23(15-20)32-2)30-17-19-13-21-7-4-5-10-24(21)25(14-19)22-11-12-27(29)26(16-22)28(31)33-3;/h4-16,18,30H,17H2,1-3H3;1H/t18-;/m1./s1. The van der Waals surface area contributed by atoms with Crippen molar-refractivity contribution >= 4 is 29.1 Å². The molecule has 4 aromatic rings. The number of esters is 1. The quantitative estimate of drug-likeness (QED) is 0.299. The van der Waals surface area contributed by atoms with Gasteiger partial charge >= 0.3 is 5.97 Å². The summed E-state index contributed by atoms with van der Waals surface area (Å²) in [6, 6.07) is 25.0. The van der Waals surface area contributed by atoms with E-state index in [2.05, 4.69) is 36.5 Å². The summed E-state index contributed by atoms with van der Waals surface area (Å²) in [4.78, 5) is 12.0. The Morgan fingerprint density at radius 2 is 1.76 bits per heavy atom. The molecule has 0 amide bonds. The highest BCUT2D eigenvalue weighted by Crippen LogP contribution is 2.32. The zero-order valence-electron chi connectivity index (χ0n) is 19.3. The molecule has 0 bridgehead atoms. The summed E-state index contributed by atoms with van der Waals surface area (Å²) in [5, 5.41) is 5.67. The van der Waals surface area contributed by atoms with E-state index in [-0.39, 0.29) is 24.0 Å². The van der Waals surface area contributed by atoms with E-state index in [0.717, 1.165) is 38.8 Å². The SMILES string of the molecule is COC(=O)c1cc(-c2cc(CN[C@H](C)c3cccc(OC)c3)cc3ccccc23)ccc1F.Cl. The van der Waals surface area contributed by atoms with Gasteiger partial charge in [0.15, 0.2) is 0 Å². The van der Waals surface area contributed by atoms with Crippen LogP contribution in [0.2, 0.25) is 0 Å². The fraction of sp³-hybridized carbons (Fsp3) is 0.179. The van der Waals surface area contributed by atoms with Gasteiger partial charge in [-0.05, 0) is 76.3 Å². The molecule has 0 unspecified atom stereocenters. The molecule has 176 valence electrons. The minimum absolute atomic E-state index is 0. The second-order valence-corrected chi connectivity index (χ2v) is 7.93. The molecular formula is C28H27ClFNO3. The van der Waals surface area contributed by atoms with Gasteiger partial charge in [-0.25, -0.2) is 9.18 Å². The topological polar surface area (TPSA) is 47.6 Å². The molecule has 0 radical (unpaired) electrons. The molecule has 4 nitrogen and oxygen atoms in total. The Morgan fingerprint density at radius 1 is 0.971 bits per heavy atom. The van der Waals surface area contributed by atoms with Crippen molar-refractivity contribution < 1.29 is 18.7 Å². The van der Waals surface area contributed by atoms with Crippen LogP contribution in [0.5, 0.6) is 5.75 Å². The van der Waals surface area contributed by atoms with Gasteiger partial charge < -0.3 is 14.8 Å². The van der Waals surface area contributed by atoms with Crippen molar-refractivity contribution in [3.05, 3.63) is 101 Å². The Morgan fingerprint density at radius 3 is 2.53 bits per heavy atom. The van der Waals surface area contributed by atoms with Crippen molar-refractivity contribution in [2.45, 2.75) is 19.5 Å². The van der Waals surface area contributed by atoms with E-state index in [1.807, 2.05) is 36.4 Å². The summed E-state index contributed by atoms with van der Waals surface area (Å²) < 4.78 is 24.3. The number of methoxy groups -OCH3 is 2. The highest BCUT2D eigenvalue weighted by Gasteiger charge is 2.15. The molecular weight excluding hydrogens is 453 g/mol. The number of benzene rings is 4. The average molecular weight is 480 g/mol. The number of rotatable bonds is 7. The van der Waals surface area contributed by atoms with Crippen LogP contribution in [0.1, 0.15) is 34.5 Å². The monoisotopic (exact) mass is 479 g/mol. The number of nitrogens with one attached hydrogen (secondary N) is 1. The summed E-state index contributed by atoms with van der Waals surface area (Å²) in [7, 11) is 2.91. The molecule has 1 atom stereocenters. The van der Waals surface area contributed by atoms with Gasteiger partial charge in [-0.3, -0.25) is 0 Å². The minimum Gasteiger partial charge on any atom is -0.497 e. The summed E-state index contributed by atoms with van der Waals surface area (Å²) in [5.41, 5.74) is 3.84. The number of carbonyl (C=O) groups excluding carboxylic acids is 1. The predicted molar refractivity (Wildman–Crippen MR) is 136 cm³/mol. The van der Waals surface area contributed by atoms with Crippen LogP contribution >= 0.6 is 12.4 Å². The molecule has 0 aromatic heterocycles. The van der Waals surface area contributed by atoms with Crippen LogP contribution in [0.4, 0.5) is 4.39 Å². The lowest BCUT2D eigenvalue weighted by Gasteiger charge is -2.17. The highest BCUT2D eigenvalue weighted by atomic mass is 35.5. The van der Waals surface area contributed by atoms with E-state index >= 15 is 0 Å². The zero-order valence-corrected chi connectivity index (χ0v) is 20.1. The summed E-state index contributed by atoms with van der Waals surface area (Å²) in [6.07, 6.45) is 0. The number of halogens is 2. The third kappa shape index (κ3) is 5.38. The minimum atomic E-state index is -0.691. The maximum Gasteiger partial charge on any atom is 0.340 e. The molecule has 0 aliphatic carbocycles. The first-order chi connectivity index (χ1) is 16.0. The van der Waals surface area contributed by atoms with E-state index in [1.54, 1.807) is 19.2 Å². The molecule has 0 spiro atoms. The normalized spacial score (nSPS) is 11.5. The highest BCUT2D eigenvalue weighted by molar-refractivity contribution is 5.99. The number of carbonyl (C=O) groups is 1. The van der Waals surface area contributed by atoms with Crippen molar-refractivity contribution in [3.63, 3.8) is 0 Å². The van der Waals surface area contributed by atoms with Crippen LogP contribution in [-0.2, 0) is 11.3 Å². The molecule has 1 N–H and O–H groups in total. The average Bonchev–Trinajstić information content (AvgIpc) is 2.86. The second kappa shape index (κ2) is 11.1. The van der Waals surface area contributed by atoms with Gasteiger partial charge in [-0.1, -0.05) is 42.5 Å². The maximum absolute atomic E-state index is 14.2. The Balaban J connectivity index is 0.00000324. The van der Waals surface area contributed by atoms with E-state index in [9.17, 15) is 9.18 Å². The van der Waals surface area contributed by atoms with Gasteiger partial charge in [0.05, 0.1) is 19.8 Å². The third-order valence-corrected chi connectivity index (χ3v) is 5.81. The van der Waals surface area contributed by atoms with Crippen LogP contribution < -0.4 is 10.1 Å². The van der Waals surface area contributed by atoms with Crippen molar-refractivity contribution in [1.82, 2.24) is 5.32 Å². The first-order valence-electron chi connectivity index (χ1n) is 10.8. The van der Waals surface area contributed by atoms with Crippen LogP contribution in [-0.4, -0.2) is 20.2 Å². The summed E-state index contributed by atoms with van der Waals surface area (Å²) in [5.74, 6) is -0.463. The van der Waals surface area contributed by atoms with Gasteiger partial charge in [0.2, 0.25) is 0 Å². The van der Waals surface area contributed by atoms with Crippen LogP contribution in [0.15, 0.2) is 78.9 Å². The van der Waals surface area contributed by atoms with E-state index in [0.29, 0.717) is 6.54 Å². The lowest BCUT2D eigenvalue weighted by atomic mass is 9.94. The van der Waals surface area contributed by atoms with Gasteiger partial charge in [0.1, 0.15) is 11.6 Å². The van der Waals surface area contributed by atoms with Crippen LogP contribution in [0.3, 0.4) is 0 Å². The van der Waals surface area contributed by atoms with Gasteiger partial charge in [0, 0.05) is 12.6 Å². The van der Waals surface area contributed by atoms with Crippen molar-refractivity contribution in [1.29, 1.82) is 0 Å². The first kappa shape index (κ1) is 25.2. The second-order valence-electron chi connectivity index (χ2n) is 7.93. The van der Waals surface area contributed by atoms with Gasteiger partial charge in [-0.2, -0.15) is 0 Å². The zero-order chi connectivity index (χ0) is 23.4. The summed E-state index contributed by atoms with van der Waals surface area (Å²) in [6.45, 7) is 2.75. The Kier molecular flexibility index (Phi) is 8.26. The predicted octanol–water partition coefficient (Wildman–Crippen LogP) is 6.71. The molecule has 34 heavy (non-hydrogen) atoms.